The standard InChI is InChI=1S/C18H29NO/c1-4-6-10-19-11-9-18(13-19)20-14-16-8-7-15(3)17(5-2)12-16/h7-8,12,18H,4-6,9-11,13-14H2,1-3H3/t18-/m0/s1. The van der Waals surface area contributed by atoms with Gasteiger partial charge in [0.05, 0.1) is 12.7 Å². The third-order valence-corrected chi connectivity index (χ3v) is 4.34. The zero-order chi connectivity index (χ0) is 14.4. The lowest BCUT2D eigenvalue weighted by molar-refractivity contribution is 0.0466. The molecule has 0 radical (unpaired) electrons. The van der Waals surface area contributed by atoms with Gasteiger partial charge in [-0.15, -0.1) is 0 Å². The average molecular weight is 275 g/mol. The van der Waals surface area contributed by atoms with E-state index < -0.39 is 0 Å². The smallest absolute Gasteiger partial charge is 0.0721 e. The fourth-order valence-electron chi connectivity index (χ4n) is 2.93. The molecular weight excluding hydrogens is 246 g/mol. The molecule has 112 valence electrons. The molecule has 1 aliphatic heterocycles. The van der Waals surface area contributed by atoms with E-state index in [9.17, 15) is 0 Å². The molecule has 0 saturated carbocycles. The molecule has 0 aliphatic carbocycles. The van der Waals surface area contributed by atoms with E-state index in [4.69, 9.17) is 4.74 Å². The fourth-order valence-corrected chi connectivity index (χ4v) is 2.93. The summed E-state index contributed by atoms with van der Waals surface area (Å²) in [5.41, 5.74) is 4.16. The van der Waals surface area contributed by atoms with Crippen LogP contribution in [-0.2, 0) is 17.8 Å². The molecule has 1 aromatic carbocycles. The van der Waals surface area contributed by atoms with E-state index in [2.05, 4.69) is 43.9 Å². The summed E-state index contributed by atoms with van der Waals surface area (Å²) >= 11 is 0. The van der Waals surface area contributed by atoms with E-state index >= 15 is 0 Å². The van der Waals surface area contributed by atoms with Crippen LogP contribution in [0.15, 0.2) is 18.2 Å². The van der Waals surface area contributed by atoms with E-state index in [-0.39, 0.29) is 0 Å². The summed E-state index contributed by atoms with van der Waals surface area (Å²) in [7, 11) is 0. The van der Waals surface area contributed by atoms with E-state index in [0.717, 1.165) is 19.6 Å². The van der Waals surface area contributed by atoms with Crippen molar-refractivity contribution >= 4 is 0 Å². The molecule has 2 heteroatoms. The van der Waals surface area contributed by atoms with Crippen LogP contribution in [0.5, 0.6) is 0 Å². The van der Waals surface area contributed by atoms with E-state index in [1.165, 1.54) is 49.0 Å². The SMILES string of the molecule is CCCCN1CC[C@H](OCc2ccc(C)c(CC)c2)C1. The highest BCUT2D eigenvalue weighted by molar-refractivity contribution is 5.30. The van der Waals surface area contributed by atoms with E-state index in [1.807, 2.05) is 0 Å². The van der Waals surface area contributed by atoms with Gasteiger partial charge in [-0.3, -0.25) is 0 Å². The molecule has 20 heavy (non-hydrogen) atoms. The molecule has 1 atom stereocenters. The Balaban J connectivity index is 1.78. The maximum atomic E-state index is 6.10. The van der Waals surface area contributed by atoms with Crippen molar-refractivity contribution < 1.29 is 4.74 Å². The predicted molar refractivity (Wildman–Crippen MR) is 85.1 cm³/mol. The number of aryl methyl sites for hydroxylation is 2. The minimum atomic E-state index is 0.429. The van der Waals surface area contributed by atoms with Crippen LogP contribution in [0.3, 0.4) is 0 Å². The largest absolute Gasteiger partial charge is 0.372 e. The minimum Gasteiger partial charge on any atom is -0.372 e. The number of nitrogens with zero attached hydrogens (tertiary/aromatic N) is 1. The summed E-state index contributed by atoms with van der Waals surface area (Å²) in [4.78, 5) is 2.54. The fraction of sp³-hybridized carbons (Fsp3) is 0.667. The Kier molecular flexibility index (Phi) is 6.06. The summed E-state index contributed by atoms with van der Waals surface area (Å²) in [5.74, 6) is 0. The highest BCUT2D eigenvalue weighted by Gasteiger charge is 2.22. The molecule has 0 spiro atoms. The number of hydrogen-bond acceptors (Lipinski definition) is 2. The molecular formula is C18H29NO. The van der Waals surface area contributed by atoms with Crippen LogP contribution < -0.4 is 0 Å². The van der Waals surface area contributed by atoms with Crippen LogP contribution >= 0.6 is 0 Å². The van der Waals surface area contributed by atoms with Crippen molar-refractivity contribution in [1.29, 1.82) is 0 Å². The van der Waals surface area contributed by atoms with Gasteiger partial charge in [0.1, 0.15) is 0 Å². The minimum absolute atomic E-state index is 0.429. The molecule has 1 aromatic rings. The summed E-state index contributed by atoms with van der Waals surface area (Å²) in [6, 6.07) is 6.73. The lowest BCUT2D eigenvalue weighted by Crippen LogP contribution is -2.24. The number of likely N-dealkylation sites (tertiary alicyclic amines) is 1. The van der Waals surface area contributed by atoms with Crippen molar-refractivity contribution in [1.82, 2.24) is 4.90 Å². The molecule has 2 nitrogen and oxygen atoms in total. The third kappa shape index (κ3) is 4.32. The average Bonchev–Trinajstić information content (AvgIpc) is 2.92. The molecule has 1 fully saturated rings. The van der Waals surface area contributed by atoms with Crippen molar-refractivity contribution in [3.8, 4) is 0 Å². The monoisotopic (exact) mass is 275 g/mol. The molecule has 0 amide bonds. The van der Waals surface area contributed by atoms with Gasteiger partial charge in [0.25, 0.3) is 0 Å². The van der Waals surface area contributed by atoms with Crippen molar-refractivity contribution in [3.05, 3.63) is 34.9 Å². The van der Waals surface area contributed by atoms with Gasteiger partial charge in [-0.1, -0.05) is 38.5 Å². The van der Waals surface area contributed by atoms with Crippen LogP contribution in [0.2, 0.25) is 0 Å². The van der Waals surface area contributed by atoms with Crippen LogP contribution in [0.25, 0.3) is 0 Å². The van der Waals surface area contributed by atoms with Gasteiger partial charge in [-0.2, -0.15) is 0 Å². The molecule has 1 aliphatic rings. The Hall–Kier alpha value is -0.860. The summed E-state index contributed by atoms with van der Waals surface area (Å²) in [6.45, 7) is 11.0. The highest BCUT2D eigenvalue weighted by atomic mass is 16.5. The molecule has 0 aromatic heterocycles. The second-order valence-electron chi connectivity index (χ2n) is 5.99. The van der Waals surface area contributed by atoms with Crippen molar-refractivity contribution in [2.45, 2.75) is 59.2 Å². The molecule has 1 heterocycles. The van der Waals surface area contributed by atoms with Crippen LogP contribution in [0.4, 0.5) is 0 Å². The predicted octanol–water partition coefficient (Wildman–Crippen LogP) is 3.95. The van der Waals surface area contributed by atoms with Gasteiger partial charge >= 0.3 is 0 Å². The van der Waals surface area contributed by atoms with Crippen LogP contribution in [0.1, 0.15) is 49.8 Å². The van der Waals surface area contributed by atoms with Crippen LogP contribution in [0, 0.1) is 6.92 Å². The number of hydrogen-bond donors (Lipinski definition) is 0. The van der Waals surface area contributed by atoms with Gasteiger partial charge in [-0.25, -0.2) is 0 Å². The lowest BCUT2D eigenvalue weighted by Gasteiger charge is -2.16. The molecule has 1 saturated heterocycles. The molecule has 0 N–H and O–H groups in total. The second-order valence-corrected chi connectivity index (χ2v) is 5.99. The van der Waals surface area contributed by atoms with Gasteiger partial charge in [0, 0.05) is 13.1 Å². The number of rotatable bonds is 7. The maximum Gasteiger partial charge on any atom is 0.0721 e. The van der Waals surface area contributed by atoms with Gasteiger partial charge in [0.15, 0.2) is 0 Å². The first kappa shape index (κ1) is 15.5. The maximum absolute atomic E-state index is 6.10. The third-order valence-electron chi connectivity index (χ3n) is 4.34. The van der Waals surface area contributed by atoms with Crippen molar-refractivity contribution in [2.24, 2.45) is 0 Å². The second kappa shape index (κ2) is 7.80. The zero-order valence-electron chi connectivity index (χ0n) is 13.3. The Morgan fingerprint density at radius 3 is 2.90 bits per heavy atom. The molecule has 0 unspecified atom stereocenters. The Labute approximate surface area is 124 Å². The van der Waals surface area contributed by atoms with E-state index in [1.54, 1.807) is 0 Å². The van der Waals surface area contributed by atoms with Gasteiger partial charge in [-0.05, 0) is 49.4 Å². The lowest BCUT2D eigenvalue weighted by atomic mass is 10.0. The Morgan fingerprint density at radius 2 is 2.15 bits per heavy atom. The van der Waals surface area contributed by atoms with Crippen LogP contribution in [-0.4, -0.2) is 30.6 Å². The Morgan fingerprint density at radius 1 is 1.30 bits per heavy atom. The number of ether oxygens (including phenoxy) is 1. The first-order valence-electron chi connectivity index (χ1n) is 8.15. The zero-order valence-corrected chi connectivity index (χ0v) is 13.3. The van der Waals surface area contributed by atoms with E-state index in [0.29, 0.717) is 6.10 Å². The summed E-state index contributed by atoms with van der Waals surface area (Å²) < 4.78 is 6.10. The first-order chi connectivity index (χ1) is 9.72. The summed E-state index contributed by atoms with van der Waals surface area (Å²) in [5, 5.41) is 0. The van der Waals surface area contributed by atoms with Gasteiger partial charge < -0.3 is 9.64 Å². The van der Waals surface area contributed by atoms with Gasteiger partial charge in [0.2, 0.25) is 0 Å². The summed E-state index contributed by atoms with van der Waals surface area (Å²) in [6.07, 6.45) is 5.32. The topological polar surface area (TPSA) is 12.5 Å². The molecule has 2 rings (SSSR count). The number of benzene rings is 1. The first-order valence-corrected chi connectivity index (χ1v) is 8.15. The Bertz CT molecular complexity index is 416. The normalized spacial score (nSPS) is 19.6. The molecule has 0 bridgehead atoms. The quantitative estimate of drug-likeness (QED) is 0.747. The van der Waals surface area contributed by atoms with Crippen molar-refractivity contribution in [2.75, 3.05) is 19.6 Å². The highest BCUT2D eigenvalue weighted by Crippen LogP contribution is 2.17. The van der Waals surface area contributed by atoms with Crippen molar-refractivity contribution in [3.63, 3.8) is 0 Å². The number of unbranched alkanes of at least 4 members (excludes halogenated alkanes) is 1.